The molecule has 2 aliphatic rings. The molecular formula is C39H41IN4O4Si. The third-order valence-corrected chi connectivity index (χ3v) is 15.7. The van der Waals surface area contributed by atoms with E-state index in [0.717, 1.165) is 31.7 Å². The standard InChI is InChI=1S/C39H41IN4O4Si/c1-26-37(49(3,4)31-20-18-30(47-2)19-21-31)35(22-23-43-25-33(41-42-43)36(45)28-10-6-5-7-11-28)48-39(26)32-12-8-9-13-34(32)44(38(39)46)24-27-14-16-29(40)17-15-27/h5-21,25-26,35-37,45H,22-24H2,1-4H3/t26-,35+,36+,37-,39+/m0/s1. The quantitative estimate of drug-likeness (QED) is 0.124. The van der Waals surface area contributed by atoms with Gasteiger partial charge in [-0.1, -0.05) is 103 Å². The maximum absolute atomic E-state index is 14.9. The molecule has 3 heterocycles. The summed E-state index contributed by atoms with van der Waals surface area (Å²) in [5.41, 5.74) is 3.20. The number of benzene rings is 4. The van der Waals surface area contributed by atoms with Gasteiger partial charge in [0.2, 0.25) is 0 Å². The predicted molar refractivity (Wildman–Crippen MR) is 202 cm³/mol. The fraction of sp³-hybridized carbons (Fsp3) is 0.308. The number of methoxy groups -OCH3 is 1. The summed E-state index contributed by atoms with van der Waals surface area (Å²) in [6.07, 6.45) is 1.37. The van der Waals surface area contributed by atoms with Gasteiger partial charge >= 0.3 is 0 Å². The van der Waals surface area contributed by atoms with Gasteiger partial charge in [0.25, 0.3) is 5.91 Å². The van der Waals surface area contributed by atoms with Crippen LogP contribution in [0.4, 0.5) is 5.69 Å². The first-order chi connectivity index (χ1) is 23.6. The molecule has 1 amide bonds. The van der Waals surface area contributed by atoms with Gasteiger partial charge in [-0.3, -0.25) is 9.48 Å². The topological polar surface area (TPSA) is 89.7 Å². The Bertz CT molecular complexity index is 1930. The first kappa shape index (κ1) is 33.6. The zero-order chi connectivity index (χ0) is 34.3. The van der Waals surface area contributed by atoms with Crippen molar-refractivity contribution in [2.75, 3.05) is 12.0 Å². The molecule has 252 valence electrons. The second kappa shape index (κ2) is 13.5. The SMILES string of the molecule is COc1ccc([Si](C)(C)[C@@H]2[C@@H](CCn3cc([C@H](O)c4ccccc4)nn3)O[C@]3(C(=O)N(Cc4ccc(I)cc4)c4ccccc43)[C@H]2C)cc1. The van der Waals surface area contributed by atoms with Gasteiger partial charge in [-0.2, -0.15) is 0 Å². The molecule has 49 heavy (non-hydrogen) atoms. The van der Waals surface area contributed by atoms with Crippen molar-refractivity contribution in [3.63, 3.8) is 0 Å². The molecule has 7 rings (SSSR count). The number of aryl methyl sites for hydroxylation is 1. The Morgan fingerprint density at radius 3 is 2.39 bits per heavy atom. The van der Waals surface area contributed by atoms with E-state index in [-0.39, 0.29) is 23.5 Å². The normalized spacial score (nSPS) is 22.4. The summed E-state index contributed by atoms with van der Waals surface area (Å²) >= 11 is 2.31. The number of carbonyl (C=O) groups excluding carboxylic acids is 1. The fourth-order valence-electron chi connectivity index (χ4n) is 8.08. The van der Waals surface area contributed by atoms with E-state index in [2.05, 4.69) is 95.4 Å². The van der Waals surface area contributed by atoms with E-state index < -0.39 is 19.8 Å². The van der Waals surface area contributed by atoms with Crippen LogP contribution >= 0.6 is 22.6 Å². The minimum atomic E-state index is -2.29. The average Bonchev–Trinajstić information content (AvgIpc) is 3.79. The van der Waals surface area contributed by atoms with Crippen LogP contribution in [0.3, 0.4) is 0 Å². The highest BCUT2D eigenvalue weighted by atomic mass is 127. The highest BCUT2D eigenvalue weighted by molar-refractivity contribution is 14.1. The Morgan fingerprint density at radius 2 is 1.67 bits per heavy atom. The number of carbonyl (C=O) groups is 1. The Balaban J connectivity index is 1.24. The van der Waals surface area contributed by atoms with Crippen LogP contribution in [0, 0.1) is 9.49 Å². The minimum absolute atomic E-state index is 0.000747. The van der Waals surface area contributed by atoms with Crippen LogP contribution in [0.25, 0.3) is 0 Å². The van der Waals surface area contributed by atoms with Crippen LogP contribution < -0.4 is 14.8 Å². The maximum atomic E-state index is 14.9. The van der Waals surface area contributed by atoms with E-state index in [1.54, 1.807) is 11.8 Å². The lowest BCUT2D eigenvalue weighted by Crippen LogP contribution is -2.51. The number of ether oxygens (including phenoxy) is 2. The van der Waals surface area contributed by atoms with Gasteiger partial charge < -0.3 is 19.5 Å². The molecule has 0 unspecified atom stereocenters. The molecule has 0 saturated carbocycles. The fourth-order valence-corrected chi connectivity index (χ4v) is 12.5. The molecule has 5 atom stereocenters. The number of anilines is 1. The van der Waals surface area contributed by atoms with Crippen molar-refractivity contribution in [3.8, 4) is 5.75 Å². The molecule has 0 radical (unpaired) electrons. The number of hydrogen-bond acceptors (Lipinski definition) is 6. The molecule has 10 heteroatoms. The summed E-state index contributed by atoms with van der Waals surface area (Å²) in [4.78, 5) is 16.9. The third kappa shape index (κ3) is 6.02. The van der Waals surface area contributed by atoms with E-state index in [1.165, 1.54) is 5.19 Å². The second-order valence-electron chi connectivity index (χ2n) is 13.7. The van der Waals surface area contributed by atoms with Gasteiger partial charge in [0.1, 0.15) is 17.5 Å². The molecule has 1 spiro atoms. The largest absolute Gasteiger partial charge is 0.497 e. The molecular weight excluding hydrogens is 743 g/mol. The molecule has 2 aliphatic heterocycles. The van der Waals surface area contributed by atoms with Crippen molar-refractivity contribution in [2.45, 2.75) is 62.9 Å². The monoisotopic (exact) mass is 784 g/mol. The number of hydrogen-bond donors (Lipinski definition) is 1. The average molecular weight is 785 g/mol. The number of fused-ring (bicyclic) bond motifs is 2. The number of aliphatic hydroxyl groups excluding tert-OH is 1. The number of aliphatic hydroxyl groups is 1. The molecule has 1 fully saturated rings. The number of para-hydroxylation sites is 1. The number of aromatic nitrogens is 3. The van der Waals surface area contributed by atoms with Crippen molar-refractivity contribution in [3.05, 3.63) is 135 Å². The van der Waals surface area contributed by atoms with Gasteiger partial charge in [-0.15, -0.1) is 5.10 Å². The van der Waals surface area contributed by atoms with Gasteiger partial charge in [-0.25, -0.2) is 0 Å². The van der Waals surface area contributed by atoms with E-state index in [0.29, 0.717) is 25.2 Å². The summed E-state index contributed by atoms with van der Waals surface area (Å²) < 4.78 is 15.7. The zero-order valence-corrected chi connectivity index (χ0v) is 31.3. The molecule has 4 aromatic carbocycles. The molecule has 1 saturated heterocycles. The lowest BCUT2D eigenvalue weighted by molar-refractivity contribution is -0.146. The first-order valence-corrected chi connectivity index (χ1v) is 20.9. The van der Waals surface area contributed by atoms with Crippen LogP contribution in [0.2, 0.25) is 18.6 Å². The number of nitrogens with zero attached hydrogens (tertiary/aromatic N) is 4. The van der Waals surface area contributed by atoms with Crippen LogP contribution in [0.5, 0.6) is 5.75 Å². The number of amides is 1. The lowest BCUT2D eigenvalue weighted by Gasteiger charge is -2.37. The van der Waals surface area contributed by atoms with Crippen LogP contribution in [-0.2, 0) is 28.2 Å². The Hall–Kier alpha value is -3.84. The summed E-state index contributed by atoms with van der Waals surface area (Å²) in [6, 6.07) is 34.4. The van der Waals surface area contributed by atoms with E-state index >= 15 is 0 Å². The molecule has 0 aliphatic carbocycles. The van der Waals surface area contributed by atoms with Crippen LogP contribution in [0.1, 0.15) is 41.8 Å². The number of rotatable bonds is 10. The molecule has 1 N–H and O–H groups in total. The third-order valence-electron chi connectivity index (χ3n) is 10.6. The van der Waals surface area contributed by atoms with Crippen LogP contribution in [0.15, 0.2) is 109 Å². The molecule has 5 aromatic rings. The smallest absolute Gasteiger partial charge is 0.264 e. The van der Waals surface area contributed by atoms with Crippen molar-refractivity contribution in [2.24, 2.45) is 5.92 Å². The lowest BCUT2D eigenvalue weighted by atomic mass is 9.82. The van der Waals surface area contributed by atoms with Crippen molar-refractivity contribution in [1.29, 1.82) is 0 Å². The van der Waals surface area contributed by atoms with E-state index in [4.69, 9.17) is 9.47 Å². The summed E-state index contributed by atoms with van der Waals surface area (Å²) in [7, 11) is -0.603. The summed E-state index contributed by atoms with van der Waals surface area (Å²) in [6.45, 7) is 8.02. The summed E-state index contributed by atoms with van der Waals surface area (Å²) in [5.74, 6) is 0.728. The van der Waals surface area contributed by atoms with E-state index in [1.807, 2.05) is 71.8 Å². The van der Waals surface area contributed by atoms with Gasteiger partial charge in [0.15, 0.2) is 5.60 Å². The van der Waals surface area contributed by atoms with Crippen molar-refractivity contribution < 1.29 is 19.4 Å². The first-order valence-electron chi connectivity index (χ1n) is 16.7. The number of halogens is 1. The Labute approximate surface area is 302 Å². The Morgan fingerprint density at radius 1 is 0.980 bits per heavy atom. The minimum Gasteiger partial charge on any atom is -0.497 e. The highest BCUT2D eigenvalue weighted by Gasteiger charge is 2.66. The zero-order valence-electron chi connectivity index (χ0n) is 28.2. The van der Waals surface area contributed by atoms with Gasteiger partial charge in [-0.05, 0) is 76.0 Å². The van der Waals surface area contributed by atoms with Crippen molar-refractivity contribution in [1.82, 2.24) is 15.0 Å². The van der Waals surface area contributed by atoms with Gasteiger partial charge in [0.05, 0.1) is 39.7 Å². The maximum Gasteiger partial charge on any atom is 0.264 e. The summed E-state index contributed by atoms with van der Waals surface area (Å²) in [5, 5.41) is 20.9. The van der Waals surface area contributed by atoms with Gasteiger partial charge in [0, 0.05) is 21.6 Å². The Kier molecular flexibility index (Phi) is 9.24. The molecule has 8 nitrogen and oxygen atoms in total. The predicted octanol–water partition coefficient (Wildman–Crippen LogP) is 6.83. The van der Waals surface area contributed by atoms with E-state index in [9.17, 15) is 9.90 Å². The second-order valence-corrected chi connectivity index (χ2v) is 19.6. The highest BCUT2D eigenvalue weighted by Crippen LogP contribution is 2.60. The molecule has 1 aromatic heterocycles. The van der Waals surface area contributed by atoms with Crippen LogP contribution in [-0.4, -0.2) is 47.3 Å². The molecule has 0 bridgehead atoms. The van der Waals surface area contributed by atoms with Crippen molar-refractivity contribution >= 4 is 47.4 Å².